The van der Waals surface area contributed by atoms with Crippen molar-refractivity contribution in [1.29, 1.82) is 0 Å². The lowest BCUT2D eigenvalue weighted by Crippen LogP contribution is -2.44. The summed E-state index contributed by atoms with van der Waals surface area (Å²) in [5.41, 5.74) is 0. The number of unbranched alkanes of at least 4 members (excludes halogenated alkanes) is 5. The fourth-order valence-corrected chi connectivity index (χ4v) is 2.38. The zero-order chi connectivity index (χ0) is 17.7. The van der Waals surface area contributed by atoms with Gasteiger partial charge >= 0.3 is 5.97 Å². The van der Waals surface area contributed by atoms with Crippen LogP contribution >= 0.6 is 0 Å². The van der Waals surface area contributed by atoms with Gasteiger partial charge in [-0.25, -0.2) is 4.79 Å². The molecule has 4 nitrogen and oxygen atoms in total. The SMILES string of the molecule is CCCCCCCC(=O)N(CCCC)C(C)C(=O)OCC(C)C. The summed E-state index contributed by atoms with van der Waals surface area (Å²) in [6.07, 6.45) is 8.08. The highest BCUT2D eigenvalue weighted by Gasteiger charge is 2.26. The molecule has 0 aromatic heterocycles. The molecule has 0 N–H and O–H groups in total. The lowest BCUT2D eigenvalue weighted by Gasteiger charge is -2.28. The van der Waals surface area contributed by atoms with E-state index in [4.69, 9.17) is 4.74 Å². The Hall–Kier alpha value is -1.06. The van der Waals surface area contributed by atoms with E-state index in [9.17, 15) is 9.59 Å². The number of carbonyl (C=O) groups excluding carboxylic acids is 2. The van der Waals surface area contributed by atoms with Crippen molar-refractivity contribution in [3.63, 3.8) is 0 Å². The fourth-order valence-electron chi connectivity index (χ4n) is 2.38. The topological polar surface area (TPSA) is 46.6 Å². The van der Waals surface area contributed by atoms with Crippen molar-refractivity contribution < 1.29 is 14.3 Å². The molecule has 0 fully saturated rings. The minimum atomic E-state index is -0.483. The maximum Gasteiger partial charge on any atom is 0.328 e. The normalized spacial score (nSPS) is 12.3. The van der Waals surface area contributed by atoms with Crippen LogP contribution in [0.15, 0.2) is 0 Å². The number of rotatable bonds is 13. The number of hydrogen-bond acceptors (Lipinski definition) is 3. The van der Waals surface area contributed by atoms with E-state index >= 15 is 0 Å². The number of carbonyl (C=O) groups is 2. The number of nitrogens with zero attached hydrogens (tertiary/aromatic N) is 1. The molecule has 0 saturated carbocycles. The van der Waals surface area contributed by atoms with Gasteiger partial charge in [-0.1, -0.05) is 59.8 Å². The standard InChI is InChI=1S/C19H37NO3/c1-6-8-10-11-12-13-18(21)20(14-9-7-2)17(5)19(22)23-15-16(3)4/h16-17H,6-15H2,1-5H3. The molecule has 0 aliphatic rings. The van der Waals surface area contributed by atoms with E-state index in [-0.39, 0.29) is 11.9 Å². The van der Waals surface area contributed by atoms with Crippen LogP contribution in [0.4, 0.5) is 0 Å². The third kappa shape index (κ3) is 10.4. The third-order valence-electron chi connectivity index (χ3n) is 3.93. The predicted octanol–water partition coefficient (Wildman–Crippen LogP) is 4.56. The number of ether oxygens (including phenoxy) is 1. The quantitative estimate of drug-likeness (QED) is 0.368. The minimum Gasteiger partial charge on any atom is -0.464 e. The smallest absolute Gasteiger partial charge is 0.328 e. The summed E-state index contributed by atoms with van der Waals surface area (Å²) in [4.78, 5) is 26.4. The molecule has 1 atom stereocenters. The van der Waals surface area contributed by atoms with Gasteiger partial charge in [0.05, 0.1) is 6.61 Å². The van der Waals surface area contributed by atoms with Crippen molar-refractivity contribution >= 4 is 11.9 Å². The summed E-state index contributed by atoms with van der Waals surface area (Å²) in [6, 6.07) is -0.483. The van der Waals surface area contributed by atoms with Crippen LogP contribution < -0.4 is 0 Å². The predicted molar refractivity (Wildman–Crippen MR) is 95.3 cm³/mol. The van der Waals surface area contributed by atoms with Crippen LogP contribution in [0.1, 0.15) is 86.0 Å². The zero-order valence-electron chi connectivity index (χ0n) is 15.9. The summed E-state index contributed by atoms with van der Waals surface area (Å²) in [5, 5.41) is 0. The highest BCUT2D eigenvalue weighted by Crippen LogP contribution is 2.12. The Labute approximate surface area is 143 Å². The highest BCUT2D eigenvalue weighted by atomic mass is 16.5. The first-order chi connectivity index (χ1) is 10.9. The lowest BCUT2D eigenvalue weighted by atomic mass is 10.1. The number of esters is 1. The maximum atomic E-state index is 12.5. The number of hydrogen-bond donors (Lipinski definition) is 0. The zero-order valence-corrected chi connectivity index (χ0v) is 15.9. The average Bonchev–Trinajstić information content (AvgIpc) is 2.52. The molecule has 23 heavy (non-hydrogen) atoms. The second-order valence-corrected chi connectivity index (χ2v) is 6.80. The van der Waals surface area contributed by atoms with E-state index in [0.29, 0.717) is 25.5 Å². The fraction of sp³-hybridized carbons (Fsp3) is 0.895. The molecule has 0 saturated heterocycles. The molecule has 0 aliphatic carbocycles. The molecular formula is C19H37NO3. The Morgan fingerprint density at radius 2 is 1.52 bits per heavy atom. The summed E-state index contributed by atoms with van der Waals surface area (Å²) in [5.74, 6) is 0.114. The van der Waals surface area contributed by atoms with Gasteiger partial charge in [-0.2, -0.15) is 0 Å². The molecule has 1 amide bonds. The summed E-state index contributed by atoms with van der Waals surface area (Å²) in [6.45, 7) is 11.1. The van der Waals surface area contributed by atoms with Gasteiger partial charge in [0.2, 0.25) is 5.91 Å². The largest absolute Gasteiger partial charge is 0.464 e. The van der Waals surface area contributed by atoms with Crippen LogP contribution in [0.25, 0.3) is 0 Å². The first-order valence-electron chi connectivity index (χ1n) is 9.40. The van der Waals surface area contributed by atoms with Gasteiger partial charge in [-0.15, -0.1) is 0 Å². The summed E-state index contributed by atoms with van der Waals surface area (Å²) < 4.78 is 5.30. The van der Waals surface area contributed by atoms with E-state index in [1.807, 2.05) is 13.8 Å². The van der Waals surface area contributed by atoms with Crippen molar-refractivity contribution in [2.45, 2.75) is 92.0 Å². The van der Waals surface area contributed by atoms with Crippen LogP contribution in [0, 0.1) is 5.92 Å². The molecular weight excluding hydrogens is 290 g/mol. The average molecular weight is 328 g/mol. The Morgan fingerprint density at radius 1 is 0.913 bits per heavy atom. The van der Waals surface area contributed by atoms with E-state index in [1.165, 1.54) is 19.3 Å². The van der Waals surface area contributed by atoms with E-state index in [2.05, 4.69) is 13.8 Å². The van der Waals surface area contributed by atoms with Gasteiger partial charge in [0.25, 0.3) is 0 Å². The molecule has 1 unspecified atom stereocenters. The molecule has 0 aromatic carbocycles. The highest BCUT2D eigenvalue weighted by molar-refractivity contribution is 5.84. The van der Waals surface area contributed by atoms with E-state index in [1.54, 1.807) is 11.8 Å². The molecule has 0 radical (unpaired) electrons. The molecule has 0 spiro atoms. The number of amides is 1. The molecule has 0 aliphatic heterocycles. The van der Waals surface area contributed by atoms with Gasteiger partial charge in [-0.3, -0.25) is 4.79 Å². The van der Waals surface area contributed by atoms with Crippen molar-refractivity contribution in [2.75, 3.05) is 13.2 Å². The Balaban J connectivity index is 4.46. The van der Waals surface area contributed by atoms with Crippen LogP contribution in [-0.4, -0.2) is 36.0 Å². The maximum absolute atomic E-state index is 12.5. The second-order valence-electron chi connectivity index (χ2n) is 6.80. The van der Waals surface area contributed by atoms with E-state index in [0.717, 1.165) is 25.7 Å². The summed E-state index contributed by atoms with van der Waals surface area (Å²) >= 11 is 0. The molecule has 0 aromatic rings. The first kappa shape index (κ1) is 21.9. The Bertz CT molecular complexity index is 329. The molecule has 0 heterocycles. The first-order valence-corrected chi connectivity index (χ1v) is 9.40. The lowest BCUT2D eigenvalue weighted by molar-refractivity contribution is -0.155. The van der Waals surface area contributed by atoms with Crippen molar-refractivity contribution in [3.8, 4) is 0 Å². The van der Waals surface area contributed by atoms with Crippen LogP contribution in [0.3, 0.4) is 0 Å². The van der Waals surface area contributed by atoms with Crippen molar-refractivity contribution in [1.82, 2.24) is 4.90 Å². The minimum absolute atomic E-state index is 0.0870. The van der Waals surface area contributed by atoms with Gasteiger partial charge < -0.3 is 9.64 Å². The van der Waals surface area contributed by atoms with Crippen molar-refractivity contribution in [3.05, 3.63) is 0 Å². The second kappa shape index (κ2) is 13.4. The molecule has 0 bridgehead atoms. The van der Waals surface area contributed by atoms with Gasteiger partial charge in [-0.05, 0) is 25.7 Å². The molecule has 0 rings (SSSR count). The van der Waals surface area contributed by atoms with Gasteiger partial charge in [0, 0.05) is 13.0 Å². The van der Waals surface area contributed by atoms with E-state index < -0.39 is 6.04 Å². The van der Waals surface area contributed by atoms with Gasteiger partial charge in [0.1, 0.15) is 6.04 Å². The van der Waals surface area contributed by atoms with Crippen LogP contribution in [0.2, 0.25) is 0 Å². The molecule has 4 heteroatoms. The summed E-state index contributed by atoms with van der Waals surface area (Å²) in [7, 11) is 0. The van der Waals surface area contributed by atoms with Crippen LogP contribution in [0.5, 0.6) is 0 Å². The Morgan fingerprint density at radius 3 is 2.09 bits per heavy atom. The monoisotopic (exact) mass is 327 g/mol. The third-order valence-corrected chi connectivity index (χ3v) is 3.93. The molecule has 136 valence electrons. The van der Waals surface area contributed by atoms with Crippen molar-refractivity contribution in [2.24, 2.45) is 5.92 Å². The van der Waals surface area contributed by atoms with Gasteiger partial charge in [0.15, 0.2) is 0 Å². The van der Waals surface area contributed by atoms with Crippen LogP contribution in [-0.2, 0) is 14.3 Å². The Kier molecular flexibility index (Phi) is 12.8.